The number of hydrogen-bond acceptors (Lipinski definition) is 5. The molecule has 0 aliphatic carbocycles. The van der Waals surface area contributed by atoms with Crippen LogP contribution < -0.4 is 14.2 Å². The van der Waals surface area contributed by atoms with Crippen LogP contribution in [0.5, 0.6) is 11.5 Å². The highest BCUT2D eigenvalue weighted by Crippen LogP contribution is 2.26. The van der Waals surface area contributed by atoms with Crippen molar-refractivity contribution >= 4 is 27.8 Å². The quantitative estimate of drug-likeness (QED) is 0.240. The van der Waals surface area contributed by atoms with Crippen LogP contribution in [0.25, 0.3) is 6.08 Å². The minimum absolute atomic E-state index is 0.0767. The molecule has 0 radical (unpaired) electrons. The Morgan fingerprint density at radius 3 is 2.46 bits per heavy atom. The normalized spacial score (nSPS) is 11.4. The summed E-state index contributed by atoms with van der Waals surface area (Å²) in [6.45, 7) is 0.482. The van der Waals surface area contributed by atoms with E-state index in [1.54, 1.807) is 49.6 Å². The molecule has 3 aromatic rings. The van der Waals surface area contributed by atoms with E-state index in [9.17, 15) is 13.2 Å². The van der Waals surface area contributed by atoms with E-state index in [1.807, 2.05) is 30.3 Å². The minimum atomic E-state index is -3.62. The summed E-state index contributed by atoms with van der Waals surface area (Å²) < 4.78 is 38.9. The van der Waals surface area contributed by atoms with Gasteiger partial charge in [0, 0.05) is 12.1 Å². The Labute approximate surface area is 218 Å². The summed E-state index contributed by atoms with van der Waals surface area (Å²) in [4.78, 5) is 11.1. The number of anilines is 1. The topological polar surface area (TPSA) is 102 Å². The van der Waals surface area contributed by atoms with Gasteiger partial charge < -0.3 is 14.6 Å². The van der Waals surface area contributed by atoms with Crippen molar-refractivity contribution in [2.24, 2.45) is 0 Å². The molecule has 0 fully saturated rings. The Bertz CT molecular complexity index is 1270. The lowest BCUT2D eigenvalue weighted by molar-refractivity contribution is -0.136. The molecule has 37 heavy (non-hydrogen) atoms. The third kappa shape index (κ3) is 10.0. The van der Waals surface area contributed by atoms with Crippen molar-refractivity contribution in [3.8, 4) is 11.5 Å². The molecule has 0 saturated carbocycles. The number of carboxylic acid groups (broad SMARTS) is 1. The van der Waals surface area contributed by atoms with Crippen molar-refractivity contribution in [2.45, 2.75) is 37.9 Å². The number of allylic oxidation sites excluding steroid dienone is 1. The Balaban J connectivity index is 1.53. The zero-order chi connectivity index (χ0) is 26.5. The summed E-state index contributed by atoms with van der Waals surface area (Å²) in [6.07, 6.45) is 7.03. The van der Waals surface area contributed by atoms with Gasteiger partial charge in [0.05, 0.1) is 19.5 Å². The first-order chi connectivity index (χ1) is 17.8. The molecule has 0 aliphatic rings. The second-order valence-electron chi connectivity index (χ2n) is 8.58. The van der Waals surface area contributed by atoms with E-state index in [2.05, 4.69) is 16.9 Å². The first kappa shape index (κ1) is 27.8. The summed E-state index contributed by atoms with van der Waals surface area (Å²) in [6, 6.07) is 21.8. The van der Waals surface area contributed by atoms with Crippen LogP contribution in [0, 0.1) is 0 Å². The molecule has 0 unspecified atom stereocenters. The fraction of sp³-hybridized carbons (Fsp3) is 0.276. The largest absolute Gasteiger partial charge is 0.497 e. The van der Waals surface area contributed by atoms with Crippen LogP contribution >= 0.6 is 0 Å². The number of sulfonamides is 1. The molecule has 3 aromatic carbocycles. The molecule has 0 bridgehead atoms. The summed E-state index contributed by atoms with van der Waals surface area (Å²) in [5.74, 6) is 0.323. The van der Waals surface area contributed by atoms with Crippen molar-refractivity contribution in [3.63, 3.8) is 0 Å². The fourth-order valence-electron chi connectivity index (χ4n) is 3.71. The molecule has 0 amide bonds. The fourth-order valence-corrected chi connectivity index (χ4v) is 4.90. The summed E-state index contributed by atoms with van der Waals surface area (Å²) >= 11 is 0. The van der Waals surface area contributed by atoms with Gasteiger partial charge in [-0.1, -0.05) is 54.6 Å². The van der Waals surface area contributed by atoms with Crippen molar-refractivity contribution in [2.75, 3.05) is 18.4 Å². The smallest absolute Gasteiger partial charge is 0.303 e. The first-order valence-corrected chi connectivity index (χ1v) is 13.8. The molecule has 0 spiro atoms. The van der Waals surface area contributed by atoms with Crippen molar-refractivity contribution in [1.29, 1.82) is 0 Å². The predicted octanol–water partition coefficient (Wildman–Crippen LogP) is 5.92. The third-order valence-electron chi connectivity index (χ3n) is 5.59. The lowest BCUT2D eigenvalue weighted by Gasteiger charge is -2.14. The Morgan fingerprint density at radius 1 is 1.00 bits per heavy atom. The molecule has 0 atom stereocenters. The minimum Gasteiger partial charge on any atom is -0.497 e. The van der Waals surface area contributed by atoms with Crippen LogP contribution in [0.3, 0.4) is 0 Å². The lowest BCUT2D eigenvalue weighted by atomic mass is 10.1. The van der Waals surface area contributed by atoms with Gasteiger partial charge in [0.25, 0.3) is 0 Å². The van der Waals surface area contributed by atoms with E-state index in [-0.39, 0.29) is 18.6 Å². The highest BCUT2D eigenvalue weighted by Gasteiger charge is 2.14. The number of methoxy groups -OCH3 is 1. The van der Waals surface area contributed by atoms with Crippen LogP contribution in [0.4, 0.5) is 5.69 Å². The van der Waals surface area contributed by atoms with Gasteiger partial charge >= 0.3 is 5.97 Å². The van der Waals surface area contributed by atoms with Gasteiger partial charge in [-0.15, -0.1) is 0 Å². The zero-order valence-electron chi connectivity index (χ0n) is 20.9. The van der Waals surface area contributed by atoms with Crippen LogP contribution in [0.2, 0.25) is 0 Å². The van der Waals surface area contributed by atoms with E-state index in [4.69, 9.17) is 14.6 Å². The van der Waals surface area contributed by atoms with Crippen molar-refractivity contribution < 1.29 is 27.8 Å². The maximum Gasteiger partial charge on any atom is 0.303 e. The van der Waals surface area contributed by atoms with Crippen LogP contribution in [-0.2, 0) is 27.0 Å². The van der Waals surface area contributed by atoms with Gasteiger partial charge in [-0.25, -0.2) is 8.42 Å². The molecule has 196 valence electrons. The van der Waals surface area contributed by atoms with E-state index in [0.29, 0.717) is 29.2 Å². The molecule has 8 heteroatoms. The van der Waals surface area contributed by atoms with Gasteiger partial charge in [-0.3, -0.25) is 9.52 Å². The lowest BCUT2D eigenvalue weighted by Crippen LogP contribution is -2.15. The van der Waals surface area contributed by atoms with Gasteiger partial charge in [0.2, 0.25) is 10.0 Å². The number of aryl methyl sites for hydroxylation is 1. The second kappa shape index (κ2) is 14.1. The maximum atomic E-state index is 12.6. The first-order valence-electron chi connectivity index (χ1n) is 12.2. The number of rotatable bonds is 15. The van der Waals surface area contributed by atoms with Crippen LogP contribution in [0.1, 0.15) is 42.4 Å². The number of carboxylic acids is 1. The third-order valence-corrected chi connectivity index (χ3v) is 6.85. The van der Waals surface area contributed by atoms with E-state index in [1.165, 1.54) is 0 Å². The molecule has 0 aliphatic heterocycles. The van der Waals surface area contributed by atoms with Gasteiger partial charge in [-0.05, 0) is 72.7 Å². The number of nitrogens with one attached hydrogen (secondary N) is 1. The molecular weight excluding hydrogens is 490 g/mol. The van der Waals surface area contributed by atoms with Gasteiger partial charge in [-0.2, -0.15) is 0 Å². The second-order valence-corrected chi connectivity index (χ2v) is 10.3. The molecule has 0 saturated heterocycles. The predicted molar refractivity (Wildman–Crippen MR) is 146 cm³/mol. The highest BCUT2D eigenvalue weighted by molar-refractivity contribution is 7.91. The van der Waals surface area contributed by atoms with Crippen LogP contribution in [-0.4, -0.2) is 33.2 Å². The van der Waals surface area contributed by atoms with Crippen molar-refractivity contribution in [1.82, 2.24) is 0 Å². The average Bonchev–Trinajstić information content (AvgIpc) is 2.88. The van der Waals surface area contributed by atoms with E-state index >= 15 is 0 Å². The summed E-state index contributed by atoms with van der Waals surface area (Å²) in [5.41, 5.74) is 2.83. The molecular formula is C29H33NO6S. The number of carbonyl (C=O) groups is 1. The monoisotopic (exact) mass is 523 g/mol. The van der Waals surface area contributed by atoms with E-state index in [0.717, 1.165) is 30.6 Å². The number of unbranched alkanes of at least 4 members (excludes halogenated alkanes) is 2. The average molecular weight is 524 g/mol. The van der Waals surface area contributed by atoms with E-state index < -0.39 is 16.0 Å². The molecule has 7 nitrogen and oxygen atoms in total. The molecule has 3 rings (SSSR count). The highest BCUT2D eigenvalue weighted by atomic mass is 32.2. The SMILES string of the molecule is COc1ccc(/C=C/CCCCOc2ccc(NS(=O)(=O)Cc3ccccc3)cc2CCC(=O)O)cc1. The summed E-state index contributed by atoms with van der Waals surface area (Å²) in [5, 5.41) is 9.13. The number of ether oxygens (including phenoxy) is 2. The molecule has 2 N–H and O–H groups in total. The zero-order valence-corrected chi connectivity index (χ0v) is 21.7. The van der Waals surface area contributed by atoms with Gasteiger partial charge in [0.1, 0.15) is 11.5 Å². The standard InChI is InChI=1S/C29H33NO6S/c1-35-27-16-12-23(13-17-27)9-5-2-3-8-20-36-28-18-15-26(21-25(28)14-19-29(31)32)30-37(33,34)22-24-10-6-4-7-11-24/h4-7,9-13,15-18,21,30H,2-3,8,14,19-20,22H2,1H3,(H,31,32)/b9-5+. The number of hydrogen-bond donors (Lipinski definition) is 2. The summed E-state index contributed by atoms with van der Waals surface area (Å²) in [7, 11) is -1.98. The Morgan fingerprint density at radius 2 is 1.76 bits per heavy atom. The number of benzene rings is 3. The van der Waals surface area contributed by atoms with Crippen LogP contribution in [0.15, 0.2) is 78.9 Å². The van der Waals surface area contributed by atoms with Gasteiger partial charge in [0.15, 0.2) is 0 Å². The molecule has 0 heterocycles. The van der Waals surface area contributed by atoms with Crippen molar-refractivity contribution in [3.05, 3.63) is 95.6 Å². The Hall–Kier alpha value is -3.78. The molecule has 0 aromatic heterocycles. The Kier molecular flexibility index (Phi) is 10.6. The maximum absolute atomic E-state index is 12.6. The number of aliphatic carboxylic acids is 1.